The Morgan fingerprint density at radius 1 is 1.17 bits per heavy atom. The maximum Gasteiger partial charge on any atom is 0.221 e. The van der Waals surface area contributed by atoms with E-state index in [-0.39, 0.29) is 17.8 Å². The number of halogens is 1. The van der Waals surface area contributed by atoms with Gasteiger partial charge in [-0.15, -0.1) is 11.8 Å². The highest BCUT2D eigenvalue weighted by molar-refractivity contribution is 7.99. The summed E-state index contributed by atoms with van der Waals surface area (Å²) in [4.78, 5) is 13.2. The Kier molecular flexibility index (Phi) is 5.34. The van der Waals surface area contributed by atoms with Crippen molar-refractivity contribution in [3.63, 3.8) is 0 Å². The first-order chi connectivity index (χ1) is 11.2. The molecule has 2 nitrogen and oxygen atoms in total. The molecule has 1 aliphatic rings. The second-order valence-corrected chi connectivity index (χ2v) is 6.93. The quantitative estimate of drug-likeness (QED) is 0.818. The fourth-order valence-corrected chi connectivity index (χ4v) is 3.81. The van der Waals surface area contributed by atoms with Crippen LogP contribution in [0.25, 0.3) is 0 Å². The molecule has 0 spiro atoms. The molecule has 4 heteroatoms. The van der Waals surface area contributed by atoms with Crippen LogP contribution in [0, 0.1) is 5.82 Å². The number of amides is 1. The van der Waals surface area contributed by atoms with Gasteiger partial charge in [0.05, 0.1) is 6.04 Å². The summed E-state index contributed by atoms with van der Waals surface area (Å²) in [6.07, 6.45) is 3.70. The van der Waals surface area contributed by atoms with Gasteiger partial charge in [0.1, 0.15) is 5.82 Å². The molecule has 2 aromatic rings. The third-order valence-electron chi connectivity index (χ3n) is 4.12. The monoisotopic (exact) mass is 329 g/mol. The van der Waals surface area contributed by atoms with Crippen LogP contribution in [-0.2, 0) is 11.2 Å². The van der Waals surface area contributed by atoms with Crippen molar-refractivity contribution in [1.82, 2.24) is 5.32 Å². The summed E-state index contributed by atoms with van der Waals surface area (Å²) in [6.45, 7) is 0. The van der Waals surface area contributed by atoms with Crippen molar-refractivity contribution in [2.75, 3.05) is 5.75 Å². The van der Waals surface area contributed by atoms with Crippen LogP contribution < -0.4 is 5.32 Å². The predicted octanol–water partition coefficient (Wildman–Crippen LogP) is 4.50. The molecular formula is C19H20FNOS. The van der Waals surface area contributed by atoms with Gasteiger partial charge in [0.2, 0.25) is 5.91 Å². The Morgan fingerprint density at radius 3 is 2.78 bits per heavy atom. The molecule has 1 atom stereocenters. The summed E-state index contributed by atoms with van der Waals surface area (Å²) in [5.41, 5.74) is 2.61. The van der Waals surface area contributed by atoms with E-state index in [4.69, 9.17) is 0 Å². The molecule has 23 heavy (non-hydrogen) atoms. The lowest BCUT2D eigenvalue weighted by Gasteiger charge is -2.26. The number of fused-ring (bicyclic) bond motifs is 1. The topological polar surface area (TPSA) is 29.1 Å². The highest BCUT2D eigenvalue weighted by Gasteiger charge is 2.20. The SMILES string of the molecule is O=C(CCSc1ccc(F)cc1)N[C@@H]1CCCc2ccccc21. The molecule has 0 radical (unpaired) electrons. The minimum absolute atomic E-state index is 0.0846. The Balaban J connectivity index is 1.49. The van der Waals surface area contributed by atoms with Crippen LogP contribution in [-0.4, -0.2) is 11.7 Å². The van der Waals surface area contributed by atoms with E-state index in [1.54, 1.807) is 23.9 Å². The zero-order valence-corrected chi connectivity index (χ0v) is 13.7. The number of carbonyl (C=O) groups excluding carboxylic acids is 1. The van der Waals surface area contributed by atoms with Gasteiger partial charge < -0.3 is 5.32 Å². The average molecular weight is 329 g/mol. The van der Waals surface area contributed by atoms with E-state index in [0.29, 0.717) is 12.2 Å². The highest BCUT2D eigenvalue weighted by Crippen LogP contribution is 2.29. The number of benzene rings is 2. The largest absolute Gasteiger partial charge is 0.349 e. The van der Waals surface area contributed by atoms with E-state index in [2.05, 4.69) is 23.5 Å². The molecule has 0 fully saturated rings. The van der Waals surface area contributed by atoms with Gasteiger partial charge in [-0.2, -0.15) is 0 Å². The van der Waals surface area contributed by atoms with Gasteiger partial charge in [-0.1, -0.05) is 24.3 Å². The summed E-state index contributed by atoms with van der Waals surface area (Å²) < 4.78 is 12.8. The van der Waals surface area contributed by atoms with Gasteiger partial charge in [0.15, 0.2) is 0 Å². The number of hydrogen-bond donors (Lipinski definition) is 1. The van der Waals surface area contributed by atoms with Crippen molar-refractivity contribution in [1.29, 1.82) is 0 Å². The Morgan fingerprint density at radius 2 is 1.96 bits per heavy atom. The molecule has 1 amide bonds. The van der Waals surface area contributed by atoms with Gasteiger partial charge in [-0.3, -0.25) is 4.79 Å². The van der Waals surface area contributed by atoms with Crippen molar-refractivity contribution >= 4 is 17.7 Å². The molecule has 0 saturated heterocycles. The smallest absolute Gasteiger partial charge is 0.221 e. The standard InChI is InChI=1S/C19H20FNOS/c20-15-8-10-16(11-9-15)23-13-12-19(22)21-18-7-3-5-14-4-1-2-6-17(14)18/h1-2,4,6,8-11,18H,3,5,7,12-13H2,(H,21,22)/t18-/m1/s1. The number of rotatable bonds is 5. The van der Waals surface area contributed by atoms with E-state index < -0.39 is 0 Å². The van der Waals surface area contributed by atoms with Crippen LogP contribution in [0.1, 0.15) is 36.4 Å². The summed E-state index contributed by atoms with van der Waals surface area (Å²) >= 11 is 1.58. The van der Waals surface area contributed by atoms with Crippen molar-refractivity contribution in [3.8, 4) is 0 Å². The maximum atomic E-state index is 12.8. The van der Waals surface area contributed by atoms with Crippen LogP contribution in [0.2, 0.25) is 0 Å². The van der Waals surface area contributed by atoms with Crippen molar-refractivity contribution in [3.05, 3.63) is 65.5 Å². The lowest BCUT2D eigenvalue weighted by molar-refractivity contribution is -0.121. The Bertz CT molecular complexity index is 671. The number of hydrogen-bond acceptors (Lipinski definition) is 2. The zero-order chi connectivity index (χ0) is 16.1. The van der Waals surface area contributed by atoms with E-state index in [1.807, 2.05) is 6.07 Å². The van der Waals surface area contributed by atoms with E-state index in [9.17, 15) is 9.18 Å². The summed E-state index contributed by atoms with van der Waals surface area (Å²) in [7, 11) is 0. The normalized spacial score (nSPS) is 16.7. The van der Waals surface area contributed by atoms with Gasteiger partial charge in [-0.25, -0.2) is 4.39 Å². The molecule has 0 saturated carbocycles. The van der Waals surface area contributed by atoms with E-state index >= 15 is 0 Å². The molecule has 3 rings (SSSR count). The average Bonchev–Trinajstić information content (AvgIpc) is 2.57. The first-order valence-electron chi connectivity index (χ1n) is 7.98. The summed E-state index contributed by atoms with van der Waals surface area (Å²) in [5, 5.41) is 3.16. The number of nitrogens with one attached hydrogen (secondary N) is 1. The minimum Gasteiger partial charge on any atom is -0.349 e. The molecule has 0 aromatic heterocycles. The van der Waals surface area contributed by atoms with Gasteiger partial charge in [0.25, 0.3) is 0 Å². The van der Waals surface area contributed by atoms with Crippen LogP contribution in [0.15, 0.2) is 53.4 Å². The van der Waals surface area contributed by atoms with Crippen molar-refractivity contribution in [2.24, 2.45) is 0 Å². The fraction of sp³-hybridized carbons (Fsp3) is 0.316. The van der Waals surface area contributed by atoms with Crippen LogP contribution in [0.5, 0.6) is 0 Å². The highest BCUT2D eigenvalue weighted by atomic mass is 32.2. The third kappa shape index (κ3) is 4.35. The number of carbonyl (C=O) groups is 1. The van der Waals surface area contributed by atoms with E-state index in [1.165, 1.54) is 23.3 Å². The number of aryl methyl sites for hydroxylation is 1. The first kappa shape index (κ1) is 16.1. The van der Waals surface area contributed by atoms with Gasteiger partial charge in [0, 0.05) is 17.1 Å². The molecule has 0 aliphatic heterocycles. The van der Waals surface area contributed by atoms with Gasteiger partial charge >= 0.3 is 0 Å². The second kappa shape index (κ2) is 7.64. The van der Waals surface area contributed by atoms with E-state index in [0.717, 1.165) is 24.2 Å². The summed E-state index contributed by atoms with van der Waals surface area (Å²) in [6, 6.07) is 14.9. The lowest BCUT2D eigenvalue weighted by atomic mass is 9.88. The zero-order valence-electron chi connectivity index (χ0n) is 12.9. The van der Waals surface area contributed by atoms with Crippen molar-refractivity contribution in [2.45, 2.75) is 36.6 Å². The molecule has 0 bridgehead atoms. The van der Waals surface area contributed by atoms with Crippen molar-refractivity contribution < 1.29 is 9.18 Å². The molecule has 2 aromatic carbocycles. The minimum atomic E-state index is -0.233. The maximum absolute atomic E-state index is 12.8. The molecule has 0 unspecified atom stereocenters. The lowest BCUT2D eigenvalue weighted by Crippen LogP contribution is -2.31. The Hall–Kier alpha value is -1.81. The van der Waals surface area contributed by atoms with Crippen LogP contribution in [0.4, 0.5) is 4.39 Å². The molecule has 0 heterocycles. The predicted molar refractivity (Wildman–Crippen MR) is 92.0 cm³/mol. The molecular weight excluding hydrogens is 309 g/mol. The second-order valence-electron chi connectivity index (χ2n) is 5.76. The first-order valence-corrected chi connectivity index (χ1v) is 8.96. The molecule has 120 valence electrons. The molecule has 1 aliphatic carbocycles. The van der Waals surface area contributed by atoms with Crippen LogP contribution in [0.3, 0.4) is 0 Å². The summed E-state index contributed by atoms with van der Waals surface area (Å²) in [5.74, 6) is 0.552. The fourth-order valence-electron chi connectivity index (χ4n) is 2.96. The Labute approximate surface area is 140 Å². The third-order valence-corrected chi connectivity index (χ3v) is 5.13. The van der Waals surface area contributed by atoms with Gasteiger partial charge in [-0.05, 0) is 54.7 Å². The van der Waals surface area contributed by atoms with Crippen LogP contribution >= 0.6 is 11.8 Å². The molecule has 1 N–H and O–H groups in total. The number of thioether (sulfide) groups is 1.